The molecule has 1 N–H and O–H groups in total. The molecule has 140 valence electrons. The van der Waals surface area contributed by atoms with E-state index in [0.29, 0.717) is 17.7 Å². The molecule has 1 aromatic heterocycles. The van der Waals surface area contributed by atoms with Gasteiger partial charge >= 0.3 is 5.97 Å². The fraction of sp³-hybridized carbons (Fsp3) is 0.167. The van der Waals surface area contributed by atoms with Gasteiger partial charge in [0.1, 0.15) is 0 Å². The lowest BCUT2D eigenvalue weighted by molar-refractivity contribution is 0.0600. The topological polar surface area (TPSA) is 103 Å². The Morgan fingerprint density at radius 2 is 1.78 bits per heavy atom. The van der Waals surface area contributed by atoms with Crippen molar-refractivity contribution in [2.75, 3.05) is 11.8 Å². The van der Waals surface area contributed by atoms with Crippen molar-refractivity contribution in [3.63, 3.8) is 0 Å². The van der Waals surface area contributed by atoms with Crippen molar-refractivity contribution in [1.82, 2.24) is 15.0 Å². The maximum Gasteiger partial charge on any atom is 0.337 e. The van der Waals surface area contributed by atoms with Gasteiger partial charge in [-0.3, -0.25) is 4.72 Å². The van der Waals surface area contributed by atoms with Crippen LogP contribution in [0.4, 0.5) is 5.82 Å². The molecule has 2 aromatic carbocycles. The number of ether oxygens (including phenoxy) is 1. The summed E-state index contributed by atoms with van der Waals surface area (Å²) in [6, 6.07) is 15.8. The lowest BCUT2D eigenvalue weighted by Crippen LogP contribution is -2.15. The van der Waals surface area contributed by atoms with Crippen LogP contribution in [0.2, 0.25) is 0 Å². The van der Waals surface area contributed by atoms with Crippen molar-refractivity contribution in [2.45, 2.75) is 12.3 Å². The summed E-state index contributed by atoms with van der Waals surface area (Å²) >= 11 is 0. The number of esters is 1. The standard InChI is InChI=1S/C18H18N4O4S/c1-26-18(23)16-9-7-15(8-10-16)13-27(24,25)20-17-12-22(21-19-17)11-14-5-3-2-4-6-14/h2-10,12,20H,11,13H2,1H3. The molecule has 27 heavy (non-hydrogen) atoms. The fourth-order valence-corrected chi connectivity index (χ4v) is 3.58. The summed E-state index contributed by atoms with van der Waals surface area (Å²) in [5.41, 5.74) is 1.92. The van der Waals surface area contributed by atoms with Gasteiger partial charge in [-0.2, -0.15) is 0 Å². The lowest BCUT2D eigenvalue weighted by Gasteiger charge is -2.06. The smallest absolute Gasteiger partial charge is 0.337 e. The molecule has 1 heterocycles. The van der Waals surface area contributed by atoms with E-state index < -0.39 is 16.0 Å². The predicted octanol–water partition coefficient (Wildman–Crippen LogP) is 2.05. The summed E-state index contributed by atoms with van der Waals surface area (Å²) in [6.07, 6.45) is 1.53. The zero-order chi connectivity index (χ0) is 19.3. The van der Waals surface area contributed by atoms with Gasteiger partial charge in [-0.25, -0.2) is 17.9 Å². The van der Waals surface area contributed by atoms with Gasteiger partial charge in [-0.15, -0.1) is 5.10 Å². The second-order valence-electron chi connectivity index (χ2n) is 5.84. The maximum atomic E-state index is 12.3. The molecule has 0 atom stereocenters. The molecule has 8 nitrogen and oxygen atoms in total. The SMILES string of the molecule is COC(=O)c1ccc(CS(=O)(=O)Nc2cn(Cc3ccccc3)nn2)cc1. The highest BCUT2D eigenvalue weighted by Crippen LogP contribution is 2.12. The molecule has 0 aliphatic carbocycles. The number of aromatic nitrogens is 3. The van der Waals surface area contributed by atoms with Gasteiger partial charge in [0.05, 0.1) is 31.2 Å². The summed E-state index contributed by atoms with van der Waals surface area (Å²) in [5.74, 6) is -0.574. The highest BCUT2D eigenvalue weighted by molar-refractivity contribution is 7.91. The number of hydrogen-bond acceptors (Lipinski definition) is 6. The number of carbonyl (C=O) groups excluding carboxylic acids is 1. The van der Waals surface area contributed by atoms with Crippen LogP contribution in [0.15, 0.2) is 60.8 Å². The molecule has 0 saturated heterocycles. The van der Waals surface area contributed by atoms with Crippen LogP contribution in [0.25, 0.3) is 0 Å². The van der Waals surface area contributed by atoms with E-state index >= 15 is 0 Å². The van der Waals surface area contributed by atoms with E-state index in [1.807, 2.05) is 30.3 Å². The molecule has 0 spiro atoms. The van der Waals surface area contributed by atoms with Gasteiger partial charge in [0, 0.05) is 0 Å². The quantitative estimate of drug-likeness (QED) is 0.624. The van der Waals surface area contributed by atoms with Crippen molar-refractivity contribution in [3.8, 4) is 0 Å². The molecular formula is C18H18N4O4S. The summed E-state index contributed by atoms with van der Waals surface area (Å²) in [5, 5.41) is 7.78. The first-order chi connectivity index (χ1) is 12.9. The molecule has 0 aliphatic rings. The number of sulfonamides is 1. The second kappa shape index (κ2) is 8.00. The van der Waals surface area contributed by atoms with Gasteiger partial charge in [0.2, 0.25) is 10.0 Å². The van der Waals surface area contributed by atoms with Crippen LogP contribution < -0.4 is 4.72 Å². The average Bonchev–Trinajstić information content (AvgIpc) is 3.08. The van der Waals surface area contributed by atoms with E-state index in [9.17, 15) is 13.2 Å². The van der Waals surface area contributed by atoms with E-state index in [4.69, 9.17) is 0 Å². The molecule has 0 unspecified atom stereocenters. The van der Waals surface area contributed by atoms with Crippen molar-refractivity contribution in [2.24, 2.45) is 0 Å². The molecular weight excluding hydrogens is 368 g/mol. The molecule has 0 amide bonds. The Balaban J connectivity index is 1.63. The predicted molar refractivity (Wildman–Crippen MR) is 99.6 cm³/mol. The molecule has 3 aromatic rings. The Labute approximate surface area is 156 Å². The zero-order valence-corrected chi connectivity index (χ0v) is 15.4. The maximum absolute atomic E-state index is 12.3. The van der Waals surface area contributed by atoms with E-state index in [1.54, 1.807) is 16.8 Å². The van der Waals surface area contributed by atoms with Crippen molar-refractivity contribution < 1.29 is 17.9 Å². The molecule has 0 saturated carbocycles. The third-order valence-electron chi connectivity index (χ3n) is 3.72. The average molecular weight is 386 g/mol. The Bertz CT molecular complexity index is 1020. The van der Waals surface area contributed by atoms with Crippen LogP contribution >= 0.6 is 0 Å². The largest absolute Gasteiger partial charge is 0.465 e. The van der Waals surface area contributed by atoms with Gasteiger partial charge in [-0.1, -0.05) is 47.7 Å². The monoisotopic (exact) mass is 386 g/mol. The minimum Gasteiger partial charge on any atom is -0.465 e. The van der Waals surface area contributed by atoms with Gasteiger partial charge in [-0.05, 0) is 23.3 Å². The number of anilines is 1. The molecule has 3 rings (SSSR count). The lowest BCUT2D eigenvalue weighted by atomic mass is 10.1. The number of nitrogens with zero attached hydrogens (tertiary/aromatic N) is 3. The summed E-state index contributed by atoms with van der Waals surface area (Å²) in [4.78, 5) is 11.4. The zero-order valence-electron chi connectivity index (χ0n) is 14.6. The third-order valence-corrected chi connectivity index (χ3v) is 4.95. The molecule has 0 aliphatic heterocycles. The van der Waals surface area contributed by atoms with Crippen LogP contribution in [-0.4, -0.2) is 36.5 Å². The first-order valence-electron chi connectivity index (χ1n) is 8.07. The van der Waals surface area contributed by atoms with E-state index in [1.165, 1.54) is 25.4 Å². The van der Waals surface area contributed by atoms with Crippen LogP contribution in [0.3, 0.4) is 0 Å². The first kappa shape index (κ1) is 18.6. The summed E-state index contributed by atoms with van der Waals surface area (Å²) in [7, 11) is -2.38. The minimum absolute atomic E-state index is 0.150. The molecule has 9 heteroatoms. The van der Waals surface area contributed by atoms with Crippen LogP contribution in [0.1, 0.15) is 21.5 Å². The molecule has 0 bridgehead atoms. The normalized spacial score (nSPS) is 11.1. The first-order valence-corrected chi connectivity index (χ1v) is 9.72. The third kappa shape index (κ3) is 5.14. The van der Waals surface area contributed by atoms with Crippen LogP contribution in [-0.2, 0) is 27.1 Å². The van der Waals surface area contributed by atoms with Gasteiger partial charge in [0.15, 0.2) is 5.82 Å². The number of nitrogens with one attached hydrogen (secondary N) is 1. The Morgan fingerprint density at radius 3 is 2.44 bits per heavy atom. The highest BCUT2D eigenvalue weighted by atomic mass is 32.2. The number of carbonyl (C=O) groups is 1. The van der Waals surface area contributed by atoms with Crippen molar-refractivity contribution in [1.29, 1.82) is 0 Å². The minimum atomic E-state index is -3.67. The van der Waals surface area contributed by atoms with Gasteiger partial charge < -0.3 is 4.74 Å². The van der Waals surface area contributed by atoms with Crippen molar-refractivity contribution >= 4 is 21.8 Å². The van der Waals surface area contributed by atoms with Gasteiger partial charge in [0.25, 0.3) is 0 Å². The van der Waals surface area contributed by atoms with E-state index in [-0.39, 0.29) is 11.6 Å². The Morgan fingerprint density at radius 1 is 1.07 bits per heavy atom. The molecule has 0 radical (unpaired) electrons. The van der Waals surface area contributed by atoms with E-state index in [2.05, 4.69) is 19.8 Å². The number of hydrogen-bond donors (Lipinski definition) is 1. The number of benzene rings is 2. The second-order valence-corrected chi connectivity index (χ2v) is 7.56. The number of rotatable bonds is 7. The van der Waals surface area contributed by atoms with Crippen molar-refractivity contribution in [3.05, 3.63) is 77.5 Å². The summed E-state index contributed by atoms with van der Waals surface area (Å²) in [6.45, 7) is 0.491. The van der Waals surface area contributed by atoms with E-state index in [0.717, 1.165) is 5.56 Å². The van der Waals surface area contributed by atoms with Crippen LogP contribution in [0, 0.1) is 0 Å². The summed E-state index contributed by atoms with van der Waals surface area (Å²) < 4.78 is 33.2. The highest BCUT2D eigenvalue weighted by Gasteiger charge is 2.15. The fourth-order valence-electron chi connectivity index (χ4n) is 2.46. The Hall–Kier alpha value is -3.20. The number of methoxy groups -OCH3 is 1. The molecule has 0 fully saturated rings. The Kier molecular flexibility index (Phi) is 5.51. The van der Waals surface area contributed by atoms with Crippen LogP contribution in [0.5, 0.6) is 0 Å².